The van der Waals surface area contributed by atoms with E-state index in [0.717, 1.165) is 22.8 Å². The Balaban J connectivity index is 2.63. The Kier molecular flexibility index (Phi) is 2.95. The molecule has 0 N–H and O–H groups in total. The highest BCUT2D eigenvalue weighted by Crippen LogP contribution is 2.22. The van der Waals surface area contributed by atoms with Crippen molar-refractivity contribution in [3.63, 3.8) is 0 Å². The van der Waals surface area contributed by atoms with Gasteiger partial charge >= 0.3 is 0 Å². The first-order valence-electron chi connectivity index (χ1n) is 4.85. The van der Waals surface area contributed by atoms with E-state index in [-0.39, 0.29) is 0 Å². The largest absolute Gasteiger partial charge is 0.250 e. The van der Waals surface area contributed by atoms with Crippen LogP contribution in [0.15, 0.2) is 6.20 Å². The first-order valence-corrected chi connectivity index (χ1v) is 5.76. The molecule has 2 heterocycles. The smallest absolute Gasteiger partial charge is 0.156 e. The Hall–Kier alpha value is -1.00. The molecule has 16 heavy (non-hydrogen) atoms. The standard InChI is InChI=1S/C10H12Cl2N4/c1-6-8(4-11)10(15(3)13-6)16-5-9(12)7(2)14-16/h5H,4H2,1-3H3. The number of hydrogen-bond acceptors (Lipinski definition) is 2. The summed E-state index contributed by atoms with van der Waals surface area (Å²) in [6.45, 7) is 3.79. The number of aromatic nitrogens is 4. The molecule has 6 heteroatoms. The fourth-order valence-corrected chi connectivity index (χ4v) is 2.12. The molecular formula is C10H12Cl2N4. The van der Waals surface area contributed by atoms with E-state index in [2.05, 4.69) is 10.2 Å². The van der Waals surface area contributed by atoms with Gasteiger partial charge in [-0.05, 0) is 13.8 Å². The second-order valence-corrected chi connectivity index (χ2v) is 4.33. The summed E-state index contributed by atoms with van der Waals surface area (Å²) in [5.74, 6) is 1.27. The fraction of sp³-hybridized carbons (Fsp3) is 0.400. The first kappa shape index (κ1) is 11.5. The van der Waals surface area contributed by atoms with Crippen molar-refractivity contribution < 1.29 is 0 Å². The summed E-state index contributed by atoms with van der Waals surface area (Å²) in [7, 11) is 1.86. The minimum atomic E-state index is 0.408. The highest BCUT2D eigenvalue weighted by Gasteiger charge is 2.15. The van der Waals surface area contributed by atoms with Crippen molar-refractivity contribution in [2.45, 2.75) is 19.7 Å². The molecule has 0 saturated heterocycles. The second kappa shape index (κ2) is 4.11. The predicted octanol–water partition coefficient (Wildman–Crippen LogP) is 2.61. The average molecular weight is 259 g/mol. The van der Waals surface area contributed by atoms with Crippen molar-refractivity contribution in [1.29, 1.82) is 0 Å². The summed E-state index contributed by atoms with van der Waals surface area (Å²) in [6.07, 6.45) is 1.77. The molecule has 0 aliphatic carbocycles. The van der Waals surface area contributed by atoms with Gasteiger partial charge in [0.1, 0.15) is 0 Å². The van der Waals surface area contributed by atoms with Gasteiger partial charge in [-0.1, -0.05) is 11.6 Å². The van der Waals surface area contributed by atoms with Crippen LogP contribution in [0, 0.1) is 13.8 Å². The summed E-state index contributed by atoms with van der Waals surface area (Å²) in [5, 5.41) is 9.29. The Morgan fingerprint density at radius 2 is 1.94 bits per heavy atom. The summed E-state index contributed by atoms with van der Waals surface area (Å²) >= 11 is 11.9. The van der Waals surface area contributed by atoms with Crippen molar-refractivity contribution in [3.8, 4) is 5.82 Å². The SMILES string of the molecule is Cc1nn(-c2c(CCl)c(C)nn2C)cc1Cl. The van der Waals surface area contributed by atoms with Gasteiger partial charge in [0.05, 0.1) is 28.5 Å². The number of halogens is 2. The molecule has 0 aromatic carbocycles. The van der Waals surface area contributed by atoms with Crippen molar-refractivity contribution in [1.82, 2.24) is 19.6 Å². The molecule has 0 unspecified atom stereocenters. The quantitative estimate of drug-likeness (QED) is 0.777. The summed E-state index contributed by atoms with van der Waals surface area (Å²) < 4.78 is 3.48. The molecule has 0 bridgehead atoms. The molecule has 0 fully saturated rings. The third-order valence-electron chi connectivity index (χ3n) is 2.50. The number of rotatable bonds is 2. The zero-order chi connectivity index (χ0) is 11.9. The molecule has 0 amide bonds. The monoisotopic (exact) mass is 258 g/mol. The van der Waals surface area contributed by atoms with Crippen LogP contribution in [-0.2, 0) is 12.9 Å². The van der Waals surface area contributed by atoms with Gasteiger partial charge in [-0.25, -0.2) is 4.68 Å². The van der Waals surface area contributed by atoms with Gasteiger partial charge in [-0.3, -0.25) is 4.68 Å². The highest BCUT2D eigenvalue weighted by molar-refractivity contribution is 6.31. The Morgan fingerprint density at radius 3 is 2.44 bits per heavy atom. The van der Waals surface area contributed by atoms with Crippen LogP contribution < -0.4 is 0 Å². The lowest BCUT2D eigenvalue weighted by atomic mass is 10.3. The normalized spacial score (nSPS) is 11.1. The minimum absolute atomic E-state index is 0.408. The van der Waals surface area contributed by atoms with E-state index in [1.807, 2.05) is 20.9 Å². The third-order valence-corrected chi connectivity index (χ3v) is 3.14. The van der Waals surface area contributed by atoms with E-state index >= 15 is 0 Å². The molecule has 0 radical (unpaired) electrons. The lowest BCUT2D eigenvalue weighted by Crippen LogP contribution is -2.05. The molecule has 2 aromatic heterocycles. The Morgan fingerprint density at radius 1 is 1.25 bits per heavy atom. The van der Waals surface area contributed by atoms with Crippen LogP contribution in [0.25, 0.3) is 5.82 Å². The summed E-state index contributed by atoms with van der Waals surface area (Å²) in [5.41, 5.74) is 2.68. The number of aryl methyl sites for hydroxylation is 3. The molecule has 0 spiro atoms. The Bertz CT molecular complexity index is 508. The topological polar surface area (TPSA) is 35.6 Å². The summed E-state index contributed by atoms with van der Waals surface area (Å²) in [4.78, 5) is 0. The van der Waals surface area contributed by atoms with Crippen molar-refractivity contribution in [2.24, 2.45) is 7.05 Å². The van der Waals surface area contributed by atoms with Gasteiger partial charge in [0, 0.05) is 12.6 Å². The van der Waals surface area contributed by atoms with E-state index in [1.54, 1.807) is 15.6 Å². The lowest BCUT2D eigenvalue weighted by Gasteiger charge is -2.03. The molecule has 2 rings (SSSR count). The first-order chi connectivity index (χ1) is 7.54. The maximum atomic E-state index is 5.99. The van der Waals surface area contributed by atoms with E-state index in [4.69, 9.17) is 23.2 Å². The number of alkyl halides is 1. The van der Waals surface area contributed by atoms with Crippen LogP contribution in [0.3, 0.4) is 0 Å². The van der Waals surface area contributed by atoms with Crippen LogP contribution in [0.5, 0.6) is 0 Å². The average Bonchev–Trinajstić information content (AvgIpc) is 2.67. The van der Waals surface area contributed by atoms with E-state index in [1.165, 1.54) is 0 Å². The van der Waals surface area contributed by atoms with Crippen molar-refractivity contribution >= 4 is 23.2 Å². The molecule has 0 aliphatic heterocycles. The van der Waals surface area contributed by atoms with Gasteiger partial charge in [-0.15, -0.1) is 11.6 Å². The van der Waals surface area contributed by atoms with Gasteiger partial charge < -0.3 is 0 Å². The number of nitrogens with zero attached hydrogens (tertiary/aromatic N) is 4. The van der Waals surface area contributed by atoms with Gasteiger partial charge in [0.25, 0.3) is 0 Å². The van der Waals surface area contributed by atoms with Crippen LogP contribution in [0.4, 0.5) is 0 Å². The van der Waals surface area contributed by atoms with Gasteiger partial charge in [0.15, 0.2) is 5.82 Å². The van der Waals surface area contributed by atoms with E-state index in [9.17, 15) is 0 Å². The lowest BCUT2D eigenvalue weighted by molar-refractivity contribution is 0.689. The van der Waals surface area contributed by atoms with Crippen molar-refractivity contribution in [2.75, 3.05) is 0 Å². The van der Waals surface area contributed by atoms with Crippen LogP contribution in [-0.4, -0.2) is 19.6 Å². The number of hydrogen-bond donors (Lipinski definition) is 0. The highest BCUT2D eigenvalue weighted by atomic mass is 35.5. The van der Waals surface area contributed by atoms with Crippen LogP contribution in [0.1, 0.15) is 17.0 Å². The molecular weight excluding hydrogens is 247 g/mol. The Labute approximate surface area is 104 Å². The van der Waals surface area contributed by atoms with Crippen LogP contribution in [0.2, 0.25) is 5.02 Å². The van der Waals surface area contributed by atoms with Gasteiger partial charge in [0.2, 0.25) is 0 Å². The molecule has 0 atom stereocenters. The molecule has 0 saturated carbocycles. The maximum absolute atomic E-state index is 5.99. The molecule has 4 nitrogen and oxygen atoms in total. The predicted molar refractivity (Wildman–Crippen MR) is 64.4 cm³/mol. The minimum Gasteiger partial charge on any atom is -0.250 e. The van der Waals surface area contributed by atoms with Crippen molar-refractivity contribution in [3.05, 3.63) is 28.2 Å². The van der Waals surface area contributed by atoms with Crippen LogP contribution >= 0.6 is 23.2 Å². The van der Waals surface area contributed by atoms with E-state index in [0.29, 0.717) is 10.9 Å². The summed E-state index contributed by atoms with van der Waals surface area (Å²) in [6, 6.07) is 0. The fourth-order valence-electron chi connectivity index (χ4n) is 1.68. The zero-order valence-electron chi connectivity index (χ0n) is 9.33. The molecule has 86 valence electrons. The third kappa shape index (κ3) is 1.72. The molecule has 2 aromatic rings. The zero-order valence-corrected chi connectivity index (χ0v) is 10.8. The van der Waals surface area contributed by atoms with Gasteiger partial charge in [-0.2, -0.15) is 10.2 Å². The van der Waals surface area contributed by atoms with E-state index < -0.39 is 0 Å². The maximum Gasteiger partial charge on any atom is 0.156 e. The molecule has 0 aliphatic rings. The second-order valence-electron chi connectivity index (χ2n) is 3.65.